The van der Waals surface area contributed by atoms with Crippen LogP contribution in [0.3, 0.4) is 0 Å². The van der Waals surface area contributed by atoms with Crippen LogP contribution in [0.2, 0.25) is 0 Å². The number of guanidine groups is 1. The molecule has 0 aromatic carbocycles. The van der Waals surface area contributed by atoms with Crippen LogP contribution in [-0.2, 0) is 9.53 Å². The van der Waals surface area contributed by atoms with Gasteiger partial charge in [-0.25, -0.2) is 5.84 Å². The molecule has 0 spiro atoms. The van der Waals surface area contributed by atoms with Gasteiger partial charge in [-0.2, -0.15) is 0 Å². The molecule has 0 saturated carbocycles. The number of nitrogens with zero attached hydrogens (tertiary/aromatic N) is 1. The first kappa shape index (κ1) is 15.7. The molecule has 5 N–H and O–H groups in total. The normalized spacial score (nSPS) is 13.1. The molecule has 1 atom stereocenters. The van der Waals surface area contributed by atoms with Gasteiger partial charge in [0.2, 0.25) is 11.9 Å². The van der Waals surface area contributed by atoms with Crippen LogP contribution in [0.5, 0.6) is 0 Å². The summed E-state index contributed by atoms with van der Waals surface area (Å²) in [4.78, 5) is 15.3. The molecule has 7 nitrogen and oxygen atoms in total. The second kappa shape index (κ2) is 9.86. The van der Waals surface area contributed by atoms with Crippen molar-refractivity contribution in [2.75, 3.05) is 26.8 Å². The molecule has 0 heterocycles. The number of amides is 1. The van der Waals surface area contributed by atoms with Crippen molar-refractivity contribution in [3.05, 3.63) is 0 Å². The highest BCUT2D eigenvalue weighted by molar-refractivity contribution is 5.80. The third kappa shape index (κ3) is 8.47. The second-order valence-corrected chi connectivity index (χ2v) is 3.58. The summed E-state index contributed by atoms with van der Waals surface area (Å²) in [6, 6.07) is 0.0965. The van der Waals surface area contributed by atoms with Crippen LogP contribution < -0.4 is 21.9 Å². The van der Waals surface area contributed by atoms with Crippen LogP contribution in [0.4, 0.5) is 0 Å². The fourth-order valence-electron chi connectivity index (χ4n) is 1.21. The molecule has 0 radical (unpaired) electrons. The average Bonchev–Trinajstić information content (AvgIpc) is 2.28. The van der Waals surface area contributed by atoms with Gasteiger partial charge in [-0.1, -0.05) is 0 Å². The molecule has 0 aromatic heterocycles. The quantitative estimate of drug-likeness (QED) is 0.199. The van der Waals surface area contributed by atoms with Crippen LogP contribution in [0.15, 0.2) is 4.99 Å². The molecule has 0 rings (SSSR count). The SMILES string of the molecule is CCNC(=O)CCN=C(NN)NC(C)COC. The molecule has 17 heavy (non-hydrogen) atoms. The maximum absolute atomic E-state index is 11.2. The Morgan fingerprint density at radius 2 is 2.24 bits per heavy atom. The first-order chi connectivity index (χ1) is 8.13. The molecule has 1 amide bonds. The molecule has 100 valence electrons. The van der Waals surface area contributed by atoms with Gasteiger partial charge in [0.25, 0.3) is 0 Å². The number of methoxy groups -OCH3 is 1. The highest BCUT2D eigenvalue weighted by Gasteiger charge is 2.04. The third-order valence-corrected chi connectivity index (χ3v) is 1.92. The number of carbonyl (C=O) groups excluding carboxylic acids is 1. The second-order valence-electron chi connectivity index (χ2n) is 3.58. The van der Waals surface area contributed by atoms with Gasteiger partial charge in [0.05, 0.1) is 13.2 Å². The van der Waals surface area contributed by atoms with Crippen LogP contribution >= 0.6 is 0 Å². The predicted molar refractivity (Wildman–Crippen MR) is 67.4 cm³/mol. The lowest BCUT2D eigenvalue weighted by atomic mass is 10.4. The maximum atomic E-state index is 11.2. The molecule has 1 unspecified atom stereocenters. The van der Waals surface area contributed by atoms with E-state index in [9.17, 15) is 4.79 Å². The summed E-state index contributed by atoms with van der Waals surface area (Å²) in [6.07, 6.45) is 0.347. The summed E-state index contributed by atoms with van der Waals surface area (Å²) >= 11 is 0. The highest BCUT2D eigenvalue weighted by atomic mass is 16.5. The van der Waals surface area contributed by atoms with Crippen LogP contribution in [-0.4, -0.2) is 44.7 Å². The van der Waals surface area contributed by atoms with E-state index in [1.165, 1.54) is 0 Å². The molecule has 0 aliphatic heterocycles. The van der Waals surface area contributed by atoms with Crippen molar-refractivity contribution in [1.29, 1.82) is 0 Å². The zero-order chi connectivity index (χ0) is 13.1. The van der Waals surface area contributed by atoms with Crippen molar-refractivity contribution in [1.82, 2.24) is 16.1 Å². The number of rotatable bonds is 7. The maximum Gasteiger partial charge on any atom is 0.221 e. The number of nitrogens with two attached hydrogens (primary N) is 1. The van der Waals surface area contributed by atoms with E-state index >= 15 is 0 Å². The molecule has 0 aliphatic carbocycles. The lowest BCUT2D eigenvalue weighted by Gasteiger charge is -2.15. The number of hydrazine groups is 1. The van der Waals surface area contributed by atoms with Crippen molar-refractivity contribution >= 4 is 11.9 Å². The standard InChI is InChI=1S/C10H23N5O2/c1-4-12-9(16)5-6-13-10(15-11)14-8(2)7-17-3/h8H,4-7,11H2,1-3H3,(H,12,16)(H2,13,14,15). The average molecular weight is 245 g/mol. The zero-order valence-electron chi connectivity index (χ0n) is 10.7. The fraction of sp³-hybridized carbons (Fsp3) is 0.800. The first-order valence-electron chi connectivity index (χ1n) is 5.67. The van der Waals surface area contributed by atoms with Gasteiger partial charge >= 0.3 is 0 Å². The van der Waals surface area contributed by atoms with Crippen LogP contribution in [0.25, 0.3) is 0 Å². The minimum absolute atomic E-state index is 0.0161. The molecule has 0 fully saturated rings. The Balaban J connectivity index is 3.95. The van der Waals surface area contributed by atoms with E-state index in [1.807, 2.05) is 13.8 Å². The Labute approximate surface area is 102 Å². The highest BCUT2D eigenvalue weighted by Crippen LogP contribution is 1.85. The van der Waals surface area contributed by atoms with Crippen molar-refractivity contribution in [2.24, 2.45) is 10.8 Å². The topological polar surface area (TPSA) is 101 Å². The number of ether oxygens (including phenoxy) is 1. The van der Waals surface area contributed by atoms with Gasteiger partial charge in [0.1, 0.15) is 0 Å². The Kier molecular flexibility index (Phi) is 9.08. The van der Waals surface area contributed by atoms with E-state index in [-0.39, 0.29) is 11.9 Å². The van der Waals surface area contributed by atoms with E-state index < -0.39 is 0 Å². The molecule has 7 heteroatoms. The van der Waals surface area contributed by atoms with Crippen LogP contribution in [0.1, 0.15) is 20.3 Å². The molecule has 0 saturated heterocycles. The Hall–Kier alpha value is -1.34. The van der Waals surface area contributed by atoms with E-state index in [0.29, 0.717) is 32.1 Å². The molecule has 0 bridgehead atoms. The Morgan fingerprint density at radius 3 is 2.76 bits per heavy atom. The number of carbonyl (C=O) groups is 1. The van der Waals surface area contributed by atoms with E-state index in [0.717, 1.165) is 0 Å². The third-order valence-electron chi connectivity index (χ3n) is 1.92. The minimum Gasteiger partial charge on any atom is -0.383 e. The monoisotopic (exact) mass is 245 g/mol. The van der Waals surface area contributed by atoms with Crippen molar-refractivity contribution in [2.45, 2.75) is 26.3 Å². The van der Waals surface area contributed by atoms with Crippen molar-refractivity contribution in [3.63, 3.8) is 0 Å². The fourth-order valence-corrected chi connectivity index (χ4v) is 1.21. The lowest BCUT2D eigenvalue weighted by molar-refractivity contribution is -0.120. The van der Waals surface area contributed by atoms with E-state index in [1.54, 1.807) is 7.11 Å². The predicted octanol–water partition coefficient (Wildman–Crippen LogP) is -1.04. The summed E-state index contributed by atoms with van der Waals surface area (Å²) in [5.74, 6) is 5.75. The minimum atomic E-state index is -0.0161. The molecular weight excluding hydrogens is 222 g/mol. The van der Waals surface area contributed by atoms with Crippen molar-refractivity contribution in [3.8, 4) is 0 Å². The summed E-state index contributed by atoms with van der Waals surface area (Å²) in [7, 11) is 1.62. The van der Waals surface area contributed by atoms with Gasteiger partial charge in [-0.15, -0.1) is 0 Å². The summed E-state index contributed by atoms with van der Waals surface area (Å²) in [6.45, 7) is 5.39. The summed E-state index contributed by atoms with van der Waals surface area (Å²) in [5.41, 5.74) is 2.45. The van der Waals surface area contributed by atoms with Gasteiger partial charge in [0, 0.05) is 26.1 Å². The number of aliphatic imine (C=N–C) groups is 1. The smallest absolute Gasteiger partial charge is 0.221 e. The van der Waals surface area contributed by atoms with E-state index in [2.05, 4.69) is 21.1 Å². The summed E-state index contributed by atoms with van der Waals surface area (Å²) < 4.78 is 4.97. The zero-order valence-corrected chi connectivity index (χ0v) is 10.7. The van der Waals surface area contributed by atoms with Gasteiger partial charge in [-0.05, 0) is 13.8 Å². The van der Waals surface area contributed by atoms with Crippen LogP contribution in [0, 0.1) is 0 Å². The summed E-state index contributed by atoms with van der Waals surface area (Å²) in [5, 5.41) is 5.73. The number of nitrogens with one attached hydrogen (secondary N) is 3. The van der Waals surface area contributed by atoms with Gasteiger partial charge in [-0.3, -0.25) is 15.2 Å². The first-order valence-corrected chi connectivity index (χ1v) is 5.67. The van der Waals surface area contributed by atoms with E-state index in [4.69, 9.17) is 10.6 Å². The lowest BCUT2D eigenvalue weighted by Crippen LogP contribution is -2.47. The van der Waals surface area contributed by atoms with Crippen molar-refractivity contribution < 1.29 is 9.53 Å². The molecular formula is C10H23N5O2. The van der Waals surface area contributed by atoms with Gasteiger partial charge < -0.3 is 15.4 Å². The Morgan fingerprint density at radius 1 is 1.53 bits per heavy atom. The largest absolute Gasteiger partial charge is 0.383 e. The molecule has 0 aromatic rings. The number of hydrogen-bond acceptors (Lipinski definition) is 4. The molecule has 0 aliphatic rings. The van der Waals surface area contributed by atoms with Gasteiger partial charge in [0.15, 0.2) is 0 Å². The Bertz CT molecular complexity index is 245. The number of hydrogen-bond donors (Lipinski definition) is 4.